The highest BCUT2D eigenvalue weighted by Crippen LogP contribution is 2.07. The van der Waals surface area contributed by atoms with Crippen molar-refractivity contribution in [2.45, 2.75) is 13.3 Å². The molecule has 0 radical (unpaired) electrons. The number of nitriles is 1. The van der Waals surface area contributed by atoms with Crippen LogP contribution in [-0.4, -0.2) is 24.6 Å². The minimum absolute atomic E-state index is 0.105. The molecule has 0 fully saturated rings. The molecule has 90 valence electrons. The van der Waals surface area contributed by atoms with Gasteiger partial charge >= 0.3 is 0 Å². The third kappa shape index (κ3) is 4.62. The van der Waals surface area contributed by atoms with Gasteiger partial charge in [0.1, 0.15) is 11.9 Å². The van der Waals surface area contributed by atoms with E-state index in [0.717, 1.165) is 0 Å². The van der Waals surface area contributed by atoms with Crippen molar-refractivity contribution in [3.63, 3.8) is 0 Å². The van der Waals surface area contributed by atoms with Gasteiger partial charge in [-0.05, 0) is 18.1 Å². The topological polar surface area (TPSA) is 75.0 Å². The summed E-state index contributed by atoms with van der Waals surface area (Å²) < 4.78 is 4.95. The first-order valence-electron chi connectivity index (χ1n) is 5.30. The predicted molar refractivity (Wildman–Crippen MR) is 63.2 cm³/mol. The molecule has 1 aromatic rings. The molecule has 0 aliphatic heterocycles. The Bertz CT molecular complexity index is 409. The Labute approximate surface area is 100 Å². The van der Waals surface area contributed by atoms with E-state index in [1.54, 1.807) is 19.2 Å². The first-order chi connectivity index (χ1) is 8.15. The molecule has 5 nitrogen and oxygen atoms in total. The lowest BCUT2D eigenvalue weighted by Gasteiger charge is -2.09. The molecule has 0 saturated heterocycles. The second-order valence-corrected chi connectivity index (χ2v) is 3.86. The summed E-state index contributed by atoms with van der Waals surface area (Å²) in [6.07, 6.45) is 1.81. The molecule has 0 aromatic carbocycles. The van der Waals surface area contributed by atoms with Gasteiger partial charge in [-0.3, -0.25) is 4.79 Å². The number of pyridine rings is 1. The van der Waals surface area contributed by atoms with E-state index >= 15 is 0 Å². The summed E-state index contributed by atoms with van der Waals surface area (Å²) in [5.74, 6) is 0.517. The molecular weight excluding hydrogens is 218 g/mol. The fourth-order valence-corrected chi connectivity index (χ4v) is 1.39. The summed E-state index contributed by atoms with van der Waals surface area (Å²) >= 11 is 0. The molecule has 17 heavy (non-hydrogen) atoms. The Morgan fingerprint density at radius 2 is 2.41 bits per heavy atom. The first-order valence-corrected chi connectivity index (χ1v) is 5.30. The van der Waals surface area contributed by atoms with Gasteiger partial charge in [0, 0.05) is 26.3 Å². The maximum atomic E-state index is 11.6. The average Bonchev–Trinajstić information content (AvgIpc) is 2.30. The molecule has 1 heterocycles. The molecule has 1 unspecified atom stereocenters. The number of rotatable bonds is 5. The van der Waals surface area contributed by atoms with Crippen LogP contribution in [0.4, 0.5) is 5.82 Å². The van der Waals surface area contributed by atoms with Crippen LogP contribution in [-0.2, 0) is 9.53 Å². The Hall–Kier alpha value is -1.93. The molecule has 0 spiro atoms. The molecule has 5 heteroatoms. The first kappa shape index (κ1) is 13.1. The number of hydrogen-bond acceptors (Lipinski definition) is 4. The molecule has 0 aliphatic carbocycles. The molecule has 1 N–H and O–H groups in total. The van der Waals surface area contributed by atoms with E-state index in [-0.39, 0.29) is 11.8 Å². The second-order valence-electron chi connectivity index (χ2n) is 3.86. The van der Waals surface area contributed by atoms with Crippen molar-refractivity contribution in [1.29, 1.82) is 5.26 Å². The summed E-state index contributed by atoms with van der Waals surface area (Å²) in [6, 6.07) is 5.19. The number of aromatic nitrogens is 1. The number of carbonyl (C=O) groups is 1. The van der Waals surface area contributed by atoms with Gasteiger partial charge in [-0.15, -0.1) is 0 Å². The molecule has 1 atom stereocenters. The molecule has 1 amide bonds. The van der Waals surface area contributed by atoms with E-state index in [0.29, 0.717) is 24.4 Å². The quantitative estimate of drug-likeness (QED) is 0.837. The van der Waals surface area contributed by atoms with Gasteiger partial charge in [0.2, 0.25) is 5.91 Å². The van der Waals surface area contributed by atoms with Crippen LogP contribution < -0.4 is 5.32 Å². The molecule has 1 rings (SSSR count). The predicted octanol–water partition coefficient (Wildman–Crippen LogP) is 1.56. The number of hydrogen-bond donors (Lipinski definition) is 1. The average molecular weight is 233 g/mol. The van der Waals surface area contributed by atoms with Gasteiger partial charge < -0.3 is 10.1 Å². The van der Waals surface area contributed by atoms with Crippen molar-refractivity contribution in [1.82, 2.24) is 4.98 Å². The lowest BCUT2D eigenvalue weighted by atomic mass is 10.1. The fourth-order valence-electron chi connectivity index (χ4n) is 1.39. The number of nitrogens with one attached hydrogen (secondary N) is 1. The van der Waals surface area contributed by atoms with Gasteiger partial charge in [0.05, 0.1) is 5.56 Å². The van der Waals surface area contributed by atoms with Crippen molar-refractivity contribution in [2.24, 2.45) is 5.92 Å². The number of carbonyl (C=O) groups excluding carboxylic acids is 1. The van der Waals surface area contributed by atoms with E-state index in [4.69, 9.17) is 10.00 Å². The van der Waals surface area contributed by atoms with Gasteiger partial charge in [-0.25, -0.2) is 4.98 Å². The van der Waals surface area contributed by atoms with Crippen LogP contribution in [0.3, 0.4) is 0 Å². The number of ether oxygens (including phenoxy) is 1. The Kier molecular flexibility index (Phi) is 5.11. The fraction of sp³-hybridized carbons (Fsp3) is 0.417. The highest BCUT2D eigenvalue weighted by atomic mass is 16.5. The summed E-state index contributed by atoms with van der Waals surface area (Å²) in [5, 5.41) is 11.3. The minimum atomic E-state index is -0.105. The van der Waals surface area contributed by atoms with Gasteiger partial charge in [-0.1, -0.05) is 6.92 Å². The smallest absolute Gasteiger partial charge is 0.225 e. The summed E-state index contributed by atoms with van der Waals surface area (Å²) in [5.41, 5.74) is 0.468. The van der Waals surface area contributed by atoms with Gasteiger partial charge in [-0.2, -0.15) is 5.26 Å². The SMILES string of the molecule is COCC(C)CC(=O)Nc1ccc(C#N)cn1. The van der Waals surface area contributed by atoms with Crippen molar-refractivity contribution in [3.8, 4) is 6.07 Å². The van der Waals surface area contributed by atoms with E-state index in [2.05, 4.69) is 10.3 Å². The van der Waals surface area contributed by atoms with E-state index in [1.807, 2.05) is 13.0 Å². The number of methoxy groups -OCH3 is 1. The van der Waals surface area contributed by atoms with Crippen LogP contribution in [0, 0.1) is 17.2 Å². The second kappa shape index (κ2) is 6.61. The van der Waals surface area contributed by atoms with Crippen LogP contribution in [0.2, 0.25) is 0 Å². The molecular formula is C12H15N3O2. The maximum absolute atomic E-state index is 11.6. The third-order valence-corrected chi connectivity index (χ3v) is 2.15. The highest BCUT2D eigenvalue weighted by Gasteiger charge is 2.09. The number of anilines is 1. The zero-order valence-electron chi connectivity index (χ0n) is 9.93. The summed E-state index contributed by atoms with van der Waals surface area (Å²) in [6.45, 7) is 2.49. The zero-order valence-corrected chi connectivity index (χ0v) is 9.93. The largest absolute Gasteiger partial charge is 0.384 e. The monoisotopic (exact) mass is 233 g/mol. The minimum Gasteiger partial charge on any atom is -0.384 e. The van der Waals surface area contributed by atoms with Crippen LogP contribution >= 0.6 is 0 Å². The normalized spacial score (nSPS) is 11.6. The Morgan fingerprint density at radius 3 is 2.94 bits per heavy atom. The van der Waals surface area contributed by atoms with Gasteiger partial charge in [0.25, 0.3) is 0 Å². The Morgan fingerprint density at radius 1 is 1.65 bits per heavy atom. The Balaban J connectivity index is 2.48. The van der Waals surface area contributed by atoms with Crippen molar-refractivity contribution in [3.05, 3.63) is 23.9 Å². The standard InChI is InChI=1S/C12H15N3O2/c1-9(8-17-2)5-12(16)15-11-4-3-10(6-13)7-14-11/h3-4,7,9H,5,8H2,1-2H3,(H,14,15,16). The van der Waals surface area contributed by atoms with E-state index in [9.17, 15) is 4.79 Å². The summed E-state index contributed by atoms with van der Waals surface area (Å²) in [7, 11) is 1.61. The molecule has 0 bridgehead atoms. The molecule has 0 aliphatic rings. The van der Waals surface area contributed by atoms with Crippen LogP contribution in [0.1, 0.15) is 18.9 Å². The van der Waals surface area contributed by atoms with E-state index in [1.165, 1.54) is 6.20 Å². The van der Waals surface area contributed by atoms with Gasteiger partial charge in [0.15, 0.2) is 0 Å². The number of amides is 1. The van der Waals surface area contributed by atoms with Crippen LogP contribution in [0.5, 0.6) is 0 Å². The van der Waals surface area contributed by atoms with Crippen molar-refractivity contribution >= 4 is 11.7 Å². The lowest BCUT2D eigenvalue weighted by molar-refractivity contribution is -0.117. The molecule has 1 aromatic heterocycles. The van der Waals surface area contributed by atoms with Crippen molar-refractivity contribution < 1.29 is 9.53 Å². The third-order valence-electron chi connectivity index (χ3n) is 2.15. The molecule has 0 saturated carbocycles. The van der Waals surface area contributed by atoms with Crippen LogP contribution in [0.25, 0.3) is 0 Å². The highest BCUT2D eigenvalue weighted by molar-refractivity contribution is 5.89. The number of nitrogens with zero attached hydrogens (tertiary/aromatic N) is 2. The van der Waals surface area contributed by atoms with Crippen molar-refractivity contribution in [2.75, 3.05) is 19.0 Å². The maximum Gasteiger partial charge on any atom is 0.225 e. The summed E-state index contributed by atoms with van der Waals surface area (Å²) in [4.78, 5) is 15.5. The van der Waals surface area contributed by atoms with Crippen LogP contribution in [0.15, 0.2) is 18.3 Å². The van der Waals surface area contributed by atoms with E-state index < -0.39 is 0 Å². The zero-order chi connectivity index (χ0) is 12.7. The lowest BCUT2D eigenvalue weighted by Crippen LogP contribution is -2.18.